The number of ether oxygens (including phenoxy) is 1. The average Bonchev–Trinajstić information content (AvgIpc) is 3.46. The number of rotatable bonds is 68. The van der Waals surface area contributed by atoms with Crippen LogP contribution in [0.2, 0.25) is 0 Å². The van der Waals surface area contributed by atoms with Crippen LogP contribution in [0.3, 0.4) is 0 Å². The lowest BCUT2D eigenvalue weighted by Crippen LogP contribution is -2.45. The predicted molar refractivity (Wildman–Crippen MR) is 352 cm³/mol. The highest BCUT2D eigenvalue weighted by Gasteiger charge is 2.20. The van der Waals surface area contributed by atoms with Gasteiger partial charge in [0.25, 0.3) is 0 Å². The number of aliphatic hydroxyl groups excluding tert-OH is 2. The second-order valence-electron chi connectivity index (χ2n) is 24.9. The van der Waals surface area contributed by atoms with E-state index in [1.807, 2.05) is 0 Å². The monoisotopic (exact) mass is 1120 g/mol. The molecule has 0 saturated carbocycles. The molecule has 6 nitrogen and oxygen atoms in total. The molecule has 0 fully saturated rings. The maximum Gasteiger partial charge on any atom is 0.305 e. The molecule has 0 aromatic carbocycles. The van der Waals surface area contributed by atoms with Crippen LogP contribution in [0.5, 0.6) is 0 Å². The van der Waals surface area contributed by atoms with E-state index in [0.29, 0.717) is 25.9 Å². The van der Waals surface area contributed by atoms with Gasteiger partial charge in [-0.05, 0) is 77.0 Å². The van der Waals surface area contributed by atoms with Gasteiger partial charge >= 0.3 is 5.97 Å². The largest absolute Gasteiger partial charge is 0.466 e. The summed E-state index contributed by atoms with van der Waals surface area (Å²) in [5.41, 5.74) is 0. The average molecular weight is 1120 g/mol. The molecular formula is C74H141NO5. The predicted octanol–water partition coefficient (Wildman–Crippen LogP) is 23.5. The lowest BCUT2D eigenvalue weighted by molar-refractivity contribution is -0.143. The molecule has 3 N–H and O–H groups in total. The molecule has 80 heavy (non-hydrogen) atoms. The summed E-state index contributed by atoms with van der Waals surface area (Å²) >= 11 is 0. The Morgan fingerprint density at radius 3 is 1.00 bits per heavy atom. The van der Waals surface area contributed by atoms with E-state index >= 15 is 0 Å². The molecule has 0 rings (SSSR count). The van der Waals surface area contributed by atoms with Gasteiger partial charge in [0.1, 0.15) is 0 Å². The zero-order valence-corrected chi connectivity index (χ0v) is 54.1. The third-order valence-corrected chi connectivity index (χ3v) is 16.9. The first-order valence-corrected chi connectivity index (χ1v) is 36.2. The number of hydrogen-bond donors (Lipinski definition) is 3. The van der Waals surface area contributed by atoms with E-state index in [1.165, 1.54) is 315 Å². The minimum Gasteiger partial charge on any atom is -0.466 e. The lowest BCUT2D eigenvalue weighted by atomic mass is 10.0. The van der Waals surface area contributed by atoms with Crippen molar-refractivity contribution in [1.29, 1.82) is 0 Å². The van der Waals surface area contributed by atoms with E-state index in [0.717, 1.165) is 51.4 Å². The summed E-state index contributed by atoms with van der Waals surface area (Å²) in [7, 11) is 0. The molecule has 0 aromatic rings. The quantitative estimate of drug-likeness (QED) is 0.0320. The van der Waals surface area contributed by atoms with Crippen molar-refractivity contribution < 1.29 is 24.5 Å². The molecule has 0 radical (unpaired) electrons. The molecule has 0 aliphatic carbocycles. The standard InChI is InChI=1S/C74H141NO5/c1-3-5-7-9-11-13-15-16-17-18-19-31-34-37-40-43-47-50-54-58-62-66-72(77)71(70-76)75-73(78)67-63-59-55-51-48-44-41-38-35-32-29-27-25-23-21-20-22-24-26-28-30-33-36-39-42-45-49-53-57-61-65-69-80-74(79)68-64-60-56-52-46-14-12-10-8-6-4-2/h10,12,22,24,28,30,71-72,76-77H,3-9,11,13-21,23,25-27,29,31-70H2,1-2H3,(H,75,78)/b12-10-,24-22-,30-28-. The molecular weight excluding hydrogens is 983 g/mol. The molecule has 0 spiro atoms. The maximum absolute atomic E-state index is 12.6. The summed E-state index contributed by atoms with van der Waals surface area (Å²) in [6.45, 7) is 4.95. The van der Waals surface area contributed by atoms with E-state index < -0.39 is 12.1 Å². The van der Waals surface area contributed by atoms with Gasteiger partial charge in [-0.15, -0.1) is 0 Å². The van der Waals surface area contributed by atoms with Gasteiger partial charge in [0.2, 0.25) is 5.91 Å². The number of carbonyl (C=O) groups excluding carboxylic acids is 2. The number of amides is 1. The second-order valence-corrected chi connectivity index (χ2v) is 24.9. The highest BCUT2D eigenvalue weighted by molar-refractivity contribution is 5.76. The summed E-state index contributed by atoms with van der Waals surface area (Å²) in [6.07, 6.45) is 89.2. The topological polar surface area (TPSA) is 95.9 Å². The van der Waals surface area contributed by atoms with Gasteiger partial charge in [-0.3, -0.25) is 9.59 Å². The van der Waals surface area contributed by atoms with Crippen LogP contribution in [0.15, 0.2) is 36.5 Å². The fourth-order valence-electron chi connectivity index (χ4n) is 11.4. The molecule has 2 atom stereocenters. The van der Waals surface area contributed by atoms with Crippen LogP contribution in [0, 0.1) is 0 Å². The van der Waals surface area contributed by atoms with Crippen molar-refractivity contribution in [2.24, 2.45) is 0 Å². The van der Waals surface area contributed by atoms with Crippen molar-refractivity contribution in [2.45, 2.75) is 411 Å². The van der Waals surface area contributed by atoms with Crippen molar-refractivity contribution in [3.05, 3.63) is 36.5 Å². The van der Waals surface area contributed by atoms with E-state index in [-0.39, 0.29) is 18.5 Å². The van der Waals surface area contributed by atoms with Crippen molar-refractivity contribution in [1.82, 2.24) is 5.32 Å². The van der Waals surface area contributed by atoms with Gasteiger partial charge in [0.05, 0.1) is 25.4 Å². The molecule has 0 heterocycles. The Morgan fingerprint density at radius 2 is 0.637 bits per heavy atom. The van der Waals surface area contributed by atoms with Crippen LogP contribution in [0.25, 0.3) is 0 Å². The third kappa shape index (κ3) is 65.2. The molecule has 0 aromatic heterocycles. The molecule has 1 amide bonds. The molecule has 0 aliphatic heterocycles. The first-order valence-electron chi connectivity index (χ1n) is 36.2. The van der Waals surface area contributed by atoms with E-state index in [1.54, 1.807) is 0 Å². The molecule has 0 saturated heterocycles. The fourth-order valence-corrected chi connectivity index (χ4v) is 11.4. The highest BCUT2D eigenvalue weighted by atomic mass is 16.5. The molecule has 472 valence electrons. The summed E-state index contributed by atoms with van der Waals surface area (Å²) in [5, 5.41) is 23.4. The van der Waals surface area contributed by atoms with Gasteiger partial charge in [0, 0.05) is 12.8 Å². The first kappa shape index (κ1) is 78.1. The number of carbonyl (C=O) groups is 2. The summed E-state index contributed by atoms with van der Waals surface area (Å²) < 4.78 is 5.46. The maximum atomic E-state index is 12.6. The molecule has 0 aliphatic rings. The van der Waals surface area contributed by atoms with Crippen molar-refractivity contribution >= 4 is 11.9 Å². The number of esters is 1. The van der Waals surface area contributed by atoms with Crippen molar-refractivity contribution in [2.75, 3.05) is 13.2 Å². The van der Waals surface area contributed by atoms with Crippen molar-refractivity contribution in [3.8, 4) is 0 Å². The van der Waals surface area contributed by atoms with Crippen LogP contribution < -0.4 is 5.32 Å². The highest BCUT2D eigenvalue weighted by Crippen LogP contribution is 2.19. The number of allylic oxidation sites excluding steroid dienone is 6. The number of hydrogen-bond acceptors (Lipinski definition) is 5. The minimum atomic E-state index is -0.665. The zero-order chi connectivity index (χ0) is 57.8. The van der Waals surface area contributed by atoms with E-state index in [4.69, 9.17) is 4.74 Å². The molecule has 0 bridgehead atoms. The van der Waals surface area contributed by atoms with Gasteiger partial charge in [-0.2, -0.15) is 0 Å². The second kappa shape index (κ2) is 69.6. The Labute approximate surface area is 500 Å². The summed E-state index contributed by atoms with van der Waals surface area (Å²) in [6, 6.07) is -0.542. The summed E-state index contributed by atoms with van der Waals surface area (Å²) in [4.78, 5) is 24.5. The first-order chi connectivity index (χ1) is 39.5. The molecule has 6 heteroatoms. The minimum absolute atomic E-state index is 0.00242. The van der Waals surface area contributed by atoms with Crippen LogP contribution in [0.1, 0.15) is 399 Å². The number of unbranched alkanes of at least 4 members (excludes halogenated alkanes) is 51. The van der Waals surface area contributed by atoms with Crippen LogP contribution >= 0.6 is 0 Å². The third-order valence-electron chi connectivity index (χ3n) is 16.9. The van der Waals surface area contributed by atoms with Crippen molar-refractivity contribution in [3.63, 3.8) is 0 Å². The Kier molecular flexibility index (Phi) is 67.9. The SMILES string of the molecule is CCCC/C=C\CCCCCCCC(=O)OCCCCCCCCCCC/C=C\C/C=C\CCCCCCCCCCCCCCCCCC(=O)NC(CO)C(O)CCCCCCCCCCCCCCCCCCCCCCC. The van der Waals surface area contributed by atoms with E-state index in [2.05, 4.69) is 55.6 Å². The van der Waals surface area contributed by atoms with E-state index in [9.17, 15) is 19.8 Å². The Morgan fingerprint density at radius 1 is 0.350 bits per heavy atom. The molecule has 2 unspecified atom stereocenters. The number of aliphatic hydroxyl groups is 2. The summed E-state index contributed by atoms with van der Waals surface area (Å²) in [5.74, 6) is -0.0277. The lowest BCUT2D eigenvalue weighted by Gasteiger charge is -2.22. The Balaban J connectivity index is 3.40. The van der Waals surface area contributed by atoms with Gasteiger partial charge in [0.15, 0.2) is 0 Å². The van der Waals surface area contributed by atoms with Crippen LogP contribution in [-0.2, 0) is 14.3 Å². The normalized spacial score (nSPS) is 12.7. The Bertz CT molecular complexity index is 1300. The Hall–Kier alpha value is -1.92. The van der Waals surface area contributed by atoms with Crippen LogP contribution in [0.4, 0.5) is 0 Å². The zero-order valence-electron chi connectivity index (χ0n) is 54.1. The van der Waals surface area contributed by atoms with Gasteiger partial charge < -0.3 is 20.3 Å². The van der Waals surface area contributed by atoms with Gasteiger partial charge in [-0.1, -0.05) is 346 Å². The smallest absolute Gasteiger partial charge is 0.305 e. The van der Waals surface area contributed by atoms with Gasteiger partial charge in [-0.25, -0.2) is 0 Å². The number of nitrogens with one attached hydrogen (secondary N) is 1. The van der Waals surface area contributed by atoms with Crippen LogP contribution in [-0.4, -0.2) is 47.4 Å². The fraction of sp³-hybridized carbons (Fsp3) is 0.892.